The van der Waals surface area contributed by atoms with Gasteiger partial charge in [0.05, 0.1) is 12.7 Å². The average Bonchev–Trinajstić information content (AvgIpc) is 3.12. The SMILES string of the molecule is COC(=O)c1cc(C2(C(C)N)CC2)cc(C)c1C. The molecule has 1 aliphatic rings. The third-order valence-electron chi connectivity index (χ3n) is 4.31. The maximum Gasteiger partial charge on any atom is 0.338 e. The molecule has 0 saturated heterocycles. The van der Waals surface area contributed by atoms with Gasteiger partial charge in [0.25, 0.3) is 0 Å². The third-order valence-corrected chi connectivity index (χ3v) is 4.31. The minimum absolute atomic E-state index is 0.0707. The van der Waals surface area contributed by atoms with E-state index >= 15 is 0 Å². The fourth-order valence-electron chi connectivity index (χ4n) is 2.61. The molecule has 0 radical (unpaired) electrons. The largest absolute Gasteiger partial charge is 0.465 e. The summed E-state index contributed by atoms with van der Waals surface area (Å²) in [5, 5.41) is 0. The van der Waals surface area contributed by atoms with E-state index in [4.69, 9.17) is 10.5 Å². The van der Waals surface area contributed by atoms with Crippen LogP contribution in [-0.4, -0.2) is 19.1 Å². The van der Waals surface area contributed by atoms with Gasteiger partial charge in [0.1, 0.15) is 0 Å². The van der Waals surface area contributed by atoms with Gasteiger partial charge >= 0.3 is 5.97 Å². The van der Waals surface area contributed by atoms with Gasteiger partial charge in [-0.05, 0) is 56.4 Å². The Morgan fingerprint density at radius 3 is 2.44 bits per heavy atom. The van der Waals surface area contributed by atoms with Crippen molar-refractivity contribution in [2.45, 2.75) is 45.1 Å². The molecule has 0 aromatic heterocycles. The molecule has 2 rings (SSSR count). The third kappa shape index (κ3) is 1.93. The summed E-state index contributed by atoms with van der Waals surface area (Å²) < 4.78 is 4.85. The second-order valence-electron chi connectivity index (χ2n) is 5.40. The number of methoxy groups -OCH3 is 1. The highest BCUT2D eigenvalue weighted by Gasteiger charge is 2.47. The van der Waals surface area contributed by atoms with Crippen molar-refractivity contribution in [3.8, 4) is 0 Å². The van der Waals surface area contributed by atoms with E-state index in [0.29, 0.717) is 5.56 Å². The van der Waals surface area contributed by atoms with Crippen molar-refractivity contribution in [3.63, 3.8) is 0 Å². The maximum absolute atomic E-state index is 11.8. The molecular formula is C15H21NO2. The summed E-state index contributed by atoms with van der Waals surface area (Å²) in [6, 6.07) is 4.24. The number of rotatable bonds is 3. The molecule has 18 heavy (non-hydrogen) atoms. The molecular weight excluding hydrogens is 226 g/mol. The Bertz CT molecular complexity index is 488. The Labute approximate surface area is 108 Å². The molecule has 2 N–H and O–H groups in total. The molecule has 1 fully saturated rings. The van der Waals surface area contributed by atoms with Crippen molar-refractivity contribution < 1.29 is 9.53 Å². The molecule has 1 aromatic carbocycles. The zero-order valence-corrected chi connectivity index (χ0v) is 11.5. The smallest absolute Gasteiger partial charge is 0.338 e. The summed E-state index contributed by atoms with van der Waals surface area (Å²) >= 11 is 0. The maximum atomic E-state index is 11.8. The number of benzene rings is 1. The van der Waals surface area contributed by atoms with E-state index in [2.05, 4.69) is 6.07 Å². The Kier molecular flexibility index (Phi) is 3.20. The van der Waals surface area contributed by atoms with Crippen LogP contribution in [0.1, 0.15) is 46.8 Å². The zero-order chi connectivity index (χ0) is 13.5. The van der Waals surface area contributed by atoms with E-state index in [9.17, 15) is 4.79 Å². The lowest BCUT2D eigenvalue weighted by atomic mass is 9.86. The second kappa shape index (κ2) is 4.39. The molecule has 0 amide bonds. The fourth-order valence-corrected chi connectivity index (χ4v) is 2.61. The Hall–Kier alpha value is -1.35. The quantitative estimate of drug-likeness (QED) is 0.835. The van der Waals surface area contributed by atoms with E-state index in [1.807, 2.05) is 26.8 Å². The fraction of sp³-hybridized carbons (Fsp3) is 0.533. The first-order valence-corrected chi connectivity index (χ1v) is 6.38. The van der Waals surface area contributed by atoms with Crippen molar-refractivity contribution in [2.24, 2.45) is 5.73 Å². The summed E-state index contributed by atoms with van der Waals surface area (Å²) in [5.41, 5.74) is 10.1. The Morgan fingerprint density at radius 2 is 2.00 bits per heavy atom. The first-order valence-electron chi connectivity index (χ1n) is 6.38. The molecule has 0 bridgehead atoms. The highest BCUT2D eigenvalue weighted by atomic mass is 16.5. The van der Waals surface area contributed by atoms with Crippen LogP contribution in [-0.2, 0) is 10.2 Å². The number of carbonyl (C=O) groups excluding carboxylic acids is 1. The van der Waals surface area contributed by atoms with Gasteiger partial charge in [-0.15, -0.1) is 0 Å². The molecule has 0 spiro atoms. The van der Waals surface area contributed by atoms with Crippen LogP contribution in [0.25, 0.3) is 0 Å². The lowest BCUT2D eigenvalue weighted by Gasteiger charge is -2.22. The molecule has 0 heterocycles. The summed E-state index contributed by atoms with van der Waals surface area (Å²) in [5.74, 6) is -0.266. The van der Waals surface area contributed by atoms with Crippen LogP contribution in [0.15, 0.2) is 12.1 Å². The number of aryl methyl sites for hydroxylation is 1. The first kappa shape index (κ1) is 13.1. The molecule has 98 valence electrons. The molecule has 1 aliphatic carbocycles. The van der Waals surface area contributed by atoms with Crippen LogP contribution >= 0.6 is 0 Å². The predicted molar refractivity (Wildman–Crippen MR) is 71.8 cm³/mol. The van der Waals surface area contributed by atoms with Crippen LogP contribution in [0.5, 0.6) is 0 Å². The summed E-state index contributed by atoms with van der Waals surface area (Å²) in [7, 11) is 1.42. The van der Waals surface area contributed by atoms with Crippen molar-refractivity contribution in [1.29, 1.82) is 0 Å². The molecule has 0 aliphatic heterocycles. The lowest BCUT2D eigenvalue weighted by molar-refractivity contribution is 0.0599. The van der Waals surface area contributed by atoms with Gasteiger partial charge in [0.15, 0.2) is 0 Å². The minimum atomic E-state index is -0.266. The van der Waals surface area contributed by atoms with Crippen molar-refractivity contribution in [3.05, 3.63) is 34.4 Å². The monoisotopic (exact) mass is 247 g/mol. The van der Waals surface area contributed by atoms with Crippen LogP contribution in [0, 0.1) is 13.8 Å². The highest BCUT2D eigenvalue weighted by Crippen LogP contribution is 2.50. The molecule has 3 heteroatoms. The van der Waals surface area contributed by atoms with Gasteiger partial charge in [0.2, 0.25) is 0 Å². The van der Waals surface area contributed by atoms with Crippen molar-refractivity contribution in [1.82, 2.24) is 0 Å². The van der Waals surface area contributed by atoms with Crippen LogP contribution in [0.4, 0.5) is 0 Å². The van der Waals surface area contributed by atoms with Gasteiger partial charge in [-0.2, -0.15) is 0 Å². The first-order chi connectivity index (χ1) is 8.42. The van der Waals surface area contributed by atoms with Gasteiger partial charge in [-0.3, -0.25) is 0 Å². The van der Waals surface area contributed by atoms with Gasteiger partial charge < -0.3 is 10.5 Å². The number of hydrogen-bond donors (Lipinski definition) is 1. The van der Waals surface area contributed by atoms with Crippen LogP contribution < -0.4 is 5.73 Å². The van der Waals surface area contributed by atoms with Gasteiger partial charge in [-0.1, -0.05) is 6.07 Å². The summed E-state index contributed by atoms with van der Waals surface area (Å²) in [6.45, 7) is 6.03. The van der Waals surface area contributed by atoms with E-state index in [1.165, 1.54) is 12.7 Å². The molecule has 1 unspecified atom stereocenters. The molecule has 3 nitrogen and oxygen atoms in total. The van der Waals surface area contributed by atoms with Crippen LogP contribution in [0.2, 0.25) is 0 Å². The summed E-state index contributed by atoms with van der Waals surface area (Å²) in [6.07, 6.45) is 2.21. The number of hydrogen-bond acceptors (Lipinski definition) is 3. The van der Waals surface area contributed by atoms with Crippen LogP contribution in [0.3, 0.4) is 0 Å². The average molecular weight is 247 g/mol. The van der Waals surface area contributed by atoms with Crippen molar-refractivity contribution in [2.75, 3.05) is 7.11 Å². The van der Waals surface area contributed by atoms with E-state index < -0.39 is 0 Å². The Morgan fingerprint density at radius 1 is 1.39 bits per heavy atom. The predicted octanol–water partition coefficient (Wildman–Crippen LogP) is 2.47. The van der Waals surface area contributed by atoms with Gasteiger partial charge in [-0.25, -0.2) is 4.79 Å². The number of esters is 1. The topological polar surface area (TPSA) is 52.3 Å². The van der Waals surface area contributed by atoms with Gasteiger partial charge in [0, 0.05) is 11.5 Å². The van der Waals surface area contributed by atoms with E-state index in [1.54, 1.807) is 0 Å². The highest BCUT2D eigenvalue weighted by molar-refractivity contribution is 5.91. The number of carbonyl (C=O) groups is 1. The standard InChI is InChI=1S/C15H21NO2/c1-9-7-12(15(5-6-15)11(3)16)8-13(10(9)2)14(17)18-4/h7-8,11H,5-6,16H2,1-4H3. The van der Waals surface area contributed by atoms with Crippen molar-refractivity contribution >= 4 is 5.97 Å². The zero-order valence-electron chi connectivity index (χ0n) is 11.5. The molecule has 1 atom stereocenters. The minimum Gasteiger partial charge on any atom is -0.465 e. The number of nitrogens with two attached hydrogens (primary N) is 1. The Balaban J connectivity index is 2.52. The molecule has 1 aromatic rings. The lowest BCUT2D eigenvalue weighted by Crippen LogP contribution is -2.32. The second-order valence-corrected chi connectivity index (χ2v) is 5.40. The normalized spacial score (nSPS) is 18.3. The van der Waals surface area contributed by atoms with E-state index in [0.717, 1.165) is 24.0 Å². The molecule has 1 saturated carbocycles. The van der Waals surface area contributed by atoms with E-state index in [-0.39, 0.29) is 17.4 Å². The number of ether oxygens (including phenoxy) is 1. The summed E-state index contributed by atoms with van der Waals surface area (Å²) in [4.78, 5) is 11.8.